The normalized spacial score (nSPS) is 17.4. The fourth-order valence-corrected chi connectivity index (χ4v) is 9.68. The molecule has 16 atom stereocenters. The SMILES string of the molecule is N=C(NCCCCc1ccc(-c2ccc(CCC(=O)NCCN(CCCN(CC(O)C(O)C(O)C(O)CO)C[C@H](O)[C@@H](O)[C@H](O)[C@H](O)CO)CCCN(C[C@H](O)[C@@H](O)[C@H](O)[C@H](O)CO)C[C@H](O)[C@@H](O)[C@H](O)[C@H](O)CO)cc2)cc1)NC(=O)c1nc(Cl)c(N)nc1N. The van der Waals surface area contributed by atoms with E-state index in [1.54, 1.807) is 0 Å². The van der Waals surface area contributed by atoms with E-state index in [0.717, 1.165) is 35.1 Å². The predicted octanol–water partition coefficient (Wildman–Crippen LogP) is -9.28. The summed E-state index contributed by atoms with van der Waals surface area (Å²) in [5, 5.41) is 220. The number of aryl methyl sites for hydroxylation is 2. The molecular weight excluding hydrogens is 1230 g/mol. The number of anilines is 2. The lowest BCUT2D eigenvalue weighted by Gasteiger charge is -2.34. The van der Waals surface area contributed by atoms with Gasteiger partial charge in [-0.2, -0.15) is 0 Å². The van der Waals surface area contributed by atoms with Crippen molar-refractivity contribution in [2.75, 3.05) is 110 Å². The standard InChI is InChI=1S/C57H96ClN11O22/c58-53-55(60)65-54(59)44(64-53)56(91)66-57(61)63-16-2-1-5-31-6-11-33(12-7-31)34-13-8-32(9-14-34)10-15-43(82)62-17-22-67(18-3-20-68(23-35(74)45(83)49(87)39(78)27-70)24-36(75)46(84)50(88)40(79)28-71)19-4-21-69(25-37(76)47(85)51(89)41(80)29-72)26-38(77)48(86)52(90)42(81)30-73/h6-9,11-14,35-42,45-52,70-81,83-90H,1-5,10,15-30H2,(H,62,82)(H4,59,60,65)(H3,61,63,66,91)/t35-,36-,37-,38?,39+,40+,41+,42?,45+,46+,47+,48?,49+,50+,51+,52?/m0/s1. The van der Waals surface area contributed by atoms with Gasteiger partial charge in [0.05, 0.1) is 50.8 Å². The maximum absolute atomic E-state index is 13.3. The second-order valence-corrected chi connectivity index (χ2v) is 22.7. The van der Waals surface area contributed by atoms with Crippen LogP contribution in [0.25, 0.3) is 11.1 Å². The molecule has 0 saturated heterocycles. The van der Waals surface area contributed by atoms with Crippen LogP contribution in [0, 0.1) is 5.41 Å². The first-order valence-corrected chi connectivity index (χ1v) is 30.1. The number of aromatic nitrogens is 2. The molecule has 0 spiro atoms. The number of rotatable bonds is 45. The zero-order valence-corrected chi connectivity index (χ0v) is 51.2. The second kappa shape index (κ2) is 41.6. The Kier molecular flexibility index (Phi) is 36.6. The molecule has 28 N–H and O–H groups in total. The topological polar surface area (TPSA) is 586 Å². The molecule has 0 fully saturated rings. The highest BCUT2D eigenvalue weighted by Crippen LogP contribution is 2.23. The number of nitrogens with zero attached hydrogens (tertiary/aromatic N) is 5. The smallest absolute Gasteiger partial charge is 0.280 e. The molecule has 1 aromatic heterocycles. The molecule has 34 heteroatoms. The van der Waals surface area contributed by atoms with Crippen molar-refractivity contribution in [3.63, 3.8) is 0 Å². The maximum atomic E-state index is 13.3. The molecule has 0 radical (unpaired) electrons. The third-order valence-corrected chi connectivity index (χ3v) is 15.4. The molecular formula is C57H96ClN11O22. The van der Waals surface area contributed by atoms with Gasteiger partial charge in [-0.1, -0.05) is 60.1 Å². The first-order valence-electron chi connectivity index (χ1n) is 29.7. The van der Waals surface area contributed by atoms with Gasteiger partial charge in [0.15, 0.2) is 28.4 Å². The van der Waals surface area contributed by atoms with Crippen molar-refractivity contribution in [3.05, 3.63) is 70.5 Å². The van der Waals surface area contributed by atoms with Crippen LogP contribution in [0.4, 0.5) is 11.6 Å². The molecule has 0 aliphatic carbocycles. The number of aliphatic hydroxyl groups is 20. The summed E-state index contributed by atoms with van der Waals surface area (Å²) in [6.07, 6.45) is -28.1. The third kappa shape index (κ3) is 27.4. The third-order valence-electron chi connectivity index (χ3n) is 15.2. The number of guanidine groups is 1. The summed E-state index contributed by atoms with van der Waals surface area (Å²) in [4.78, 5) is 37.8. The maximum Gasteiger partial charge on any atom is 0.280 e. The first-order chi connectivity index (χ1) is 43.1. The van der Waals surface area contributed by atoms with Crippen molar-refractivity contribution < 1.29 is 112 Å². The van der Waals surface area contributed by atoms with Crippen LogP contribution in [-0.2, 0) is 17.6 Å². The van der Waals surface area contributed by atoms with Crippen LogP contribution < -0.4 is 27.4 Å². The van der Waals surface area contributed by atoms with Gasteiger partial charge >= 0.3 is 0 Å². The minimum Gasteiger partial charge on any atom is -0.394 e. The number of unbranched alkanes of at least 4 members (excludes halogenated alkanes) is 1. The lowest BCUT2D eigenvalue weighted by molar-refractivity contribution is -0.130. The minimum atomic E-state index is -2.04. The summed E-state index contributed by atoms with van der Waals surface area (Å²) in [6, 6.07) is 15.7. The Bertz CT molecular complexity index is 2440. The van der Waals surface area contributed by atoms with Gasteiger partial charge in [-0.3, -0.25) is 30.1 Å². The Morgan fingerprint density at radius 1 is 0.451 bits per heavy atom. The summed E-state index contributed by atoms with van der Waals surface area (Å²) in [5.74, 6) is -1.68. The number of benzene rings is 2. The summed E-state index contributed by atoms with van der Waals surface area (Å²) in [7, 11) is 0. The van der Waals surface area contributed by atoms with Crippen molar-refractivity contribution in [2.45, 2.75) is 143 Å². The summed E-state index contributed by atoms with van der Waals surface area (Å²) in [5.41, 5.74) is 14.9. The molecule has 0 saturated carbocycles. The number of hydrogen-bond donors (Lipinski definition) is 26. The monoisotopic (exact) mass is 1320 g/mol. The van der Waals surface area contributed by atoms with Gasteiger partial charge in [-0.15, -0.1) is 0 Å². The summed E-state index contributed by atoms with van der Waals surface area (Å²) >= 11 is 5.85. The van der Waals surface area contributed by atoms with E-state index >= 15 is 0 Å². The largest absolute Gasteiger partial charge is 0.394 e. The van der Waals surface area contributed by atoms with Crippen LogP contribution in [0.2, 0.25) is 5.15 Å². The van der Waals surface area contributed by atoms with Gasteiger partial charge in [0.1, 0.15) is 73.2 Å². The molecule has 518 valence electrons. The number of carbonyl (C=O) groups is 2. The van der Waals surface area contributed by atoms with Crippen molar-refractivity contribution in [1.82, 2.24) is 40.6 Å². The van der Waals surface area contributed by atoms with Gasteiger partial charge < -0.3 is 129 Å². The van der Waals surface area contributed by atoms with Crippen LogP contribution >= 0.6 is 11.6 Å². The number of amides is 2. The van der Waals surface area contributed by atoms with E-state index in [0.29, 0.717) is 19.4 Å². The van der Waals surface area contributed by atoms with Crippen molar-refractivity contribution in [3.8, 4) is 11.1 Å². The first kappa shape index (κ1) is 80.1. The molecule has 0 aliphatic heterocycles. The highest BCUT2D eigenvalue weighted by molar-refractivity contribution is 6.31. The van der Waals surface area contributed by atoms with Crippen molar-refractivity contribution >= 4 is 41.0 Å². The molecule has 3 rings (SSSR count). The quantitative estimate of drug-likeness (QED) is 0.0142. The number of aliphatic hydroxyl groups excluding tert-OH is 20. The van der Waals surface area contributed by atoms with E-state index in [4.69, 9.17) is 28.5 Å². The van der Waals surface area contributed by atoms with Gasteiger partial charge in [-0.05, 0) is 87.0 Å². The number of carbonyl (C=O) groups excluding carboxylic acids is 2. The van der Waals surface area contributed by atoms with E-state index in [2.05, 4.69) is 25.9 Å². The van der Waals surface area contributed by atoms with E-state index in [-0.39, 0.29) is 92.9 Å². The second-order valence-electron chi connectivity index (χ2n) is 22.4. The van der Waals surface area contributed by atoms with Crippen LogP contribution in [0.5, 0.6) is 0 Å². The number of nitrogens with one attached hydrogen (secondary N) is 4. The highest BCUT2D eigenvalue weighted by atomic mass is 35.5. The number of hydrogen-bond acceptors (Lipinski definition) is 30. The van der Waals surface area contributed by atoms with E-state index in [1.807, 2.05) is 53.4 Å². The van der Waals surface area contributed by atoms with Crippen LogP contribution in [0.1, 0.15) is 53.7 Å². The lowest BCUT2D eigenvalue weighted by Crippen LogP contribution is -2.53. The van der Waals surface area contributed by atoms with E-state index in [9.17, 15) is 112 Å². The fourth-order valence-electron chi connectivity index (χ4n) is 9.55. The Labute approximate surface area is 531 Å². The van der Waals surface area contributed by atoms with Gasteiger partial charge in [-0.25, -0.2) is 9.97 Å². The molecule has 4 unspecified atom stereocenters. The number of halogens is 1. The number of nitrogens with two attached hydrogens (primary N) is 2. The van der Waals surface area contributed by atoms with E-state index < -0.39 is 156 Å². The molecule has 0 aliphatic rings. The van der Waals surface area contributed by atoms with Crippen LogP contribution in [0.3, 0.4) is 0 Å². The summed E-state index contributed by atoms with van der Waals surface area (Å²) in [6.45, 7) is -5.25. The molecule has 1 heterocycles. The molecule has 91 heavy (non-hydrogen) atoms. The Hall–Kier alpha value is -5.10. The van der Waals surface area contributed by atoms with Crippen LogP contribution in [-0.4, -0.2) is 341 Å². The highest BCUT2D eigenvalue weighted by Gasteiger charge is 2.37. The molecule has 0 bridgehead atoms. The summed E-state index contributed by atoms with van der Waals surface area (Å²) < 4.78 is 0. The predicted molar refractivity (Wildman–Crippen MR) is 328 cm³/mol. The zero-order valence-electron chi connectivity index (χ0n) is 50.4. The lowest BCUT2D eigenvalue weighted by atomic mass is 9.99. The average Bonchev–Trinajstić information content (AvgIpc) is 1.75. The van der Waals surface area contributed by atoms with E-state index in [1.165, 1.54) is 9.80 Å². The van der Waals surface area contributed by atoms with Gasteiger partial charge in [0.25, 0.3) is 5.91 Å². The minimum absolute atomic E-state index is 0.0697. The fraction of sp³-hybridized carbons (Fsp3) is 0.667. The molecule has 33 nitrogen and oxygen atoms in total. The zero-order chi connectivity index (χ0) is 68.1. The van der Waals surface area contributed by atoms with Crippen molar-refractivity contribution in [1.29, 1.82) is 5.41 Å². The molecule has 2 amide bonds. The van der Waals surface area contributed by atoms with Crippen LogP contribution in [0.15, 0.2) is 48.5 Å². The Morgan fingerprint density at radius 3 is 1.20 bits per heavy atom. The number of nitrogen functional groups attached to an aromatic ring is 2. The molecule has 2 aromatic carbocycles. The average molecular weight is 1320 g/mol. The Balaban J connectivity index is 1.70. The molecule has 3 aromatic rings. The Morgan fingerprint density at radius 2 is 0.813 bits per heavy atom. The van der Waals surface area contributed by atoms with Gasteiger partial charge in [0.2, 0.25) is 5.91 Å². The van der Waals surface area contributed by atoms with Crippen molar-refractivity contribution in [2.24, 2.45) is 0 Å². The van der Waals surface area contributed by atoms with Gasteiger partial charge in [0, 0.05) is 52.2 Å².